The monoisotopic (exact) mass is 974 g/mol. The van der Waals surface area contributed by atoms with Crippen molar-refractivity contribution in [1.29, 1.82) is 0 Å². The van der Waals surface area contributed by atoms with Crippen molar-refractivity contribution in [2.24, 2.45) is 0 Å². The third-order valence-corrected chi connectivity index (χ3v) is 15.0. The molecule has 0 amide bonds. The number of rotatable bonds is 6. The van der Waals surface area contributed by atoms with Gasteiger partial charge in [0.15, 0.2) is 0 Å². The largest absolute Gasteiger partial charge is 0 e. The van der Waals surface area contributed by atoms with Gasteiger partial charge in [-0.05, 0) is 58.5 Å². The van der Waals surface area contributed by atoms with Crippen molar-refractivity contribution in [3.63, 3.8) is 0 Å². The number of thiophene rings is 1. The topological polar surface area (TPSA) is 43.6 Å². The third-order valence-electron chi connectivity index (χ3n) is 9.69. The van der Waals surface area contributed by atoms with Gasteiger partial charge in [0.2, 0.25) is 0 Å². The first-order valence-electron chi connectivity index (χ1n) is 18.8. The van der Waals surface area contributed by atoms with Crippen molar-refractivity contribution < 1.29 is 21.5 Å². The van der Waals surface area contributed by atoms with Gasteiger partial charge in [0, 0.05) is 31.5 Å². The molecule has 0 unspecified atom stereocenters. The standard InChI is InChI=1S/C31H20N3S.C17H22GeN.Ir/c1-20-14-19-25-24-10-7-11-26(29(24)35-31(25)32-20)30-33-27-12-5-6-13-28(27)34(30)23-17-15-22(16-18-23)21-8-3-2-4-9-21;1-13(2)15-11-17(14-9-7-6-8-10-14)19-12-16(15)18(3,4)5;/h2-10,12-19H,1H3;6-9,11-13H,1-5H3;/q2*-1;/i;13D;. The van der Waals surface area contributed by atoms with E-state index >= 15 is 0 Å². The number of aromatic nitrogens is 4. The molecule has 0 saturated heterocycles. The Morgan fingerprint density at radius 3 is 2.20 bits per heavy atom. The molecule has 0 spiro atoms. The van der Waals surface area contributed by atoms with Gasteiger partial charge in [0.1, 0.15) is 4.83 Å². The number of para-hydroxylation sites is 2. The van der Waals surface area contributed by atoms with E-state index in [0.29, 0.717) is 0 Å². The molecule has 9 aromatic rings. The molecule has 9 rings (SSSR count). The first-order valence-corrected chi connectivity index (χ1v) is 26.4. The summed E-state index contributed by atoms with van der Waals surface area (Å²) in [5.74, 6) is 7.34. The normalized spacial score (nSPS) is 11.9. The molecule has 0 aliphatic carbocycles. The molecule has 5 aromatic carbocycles. The summed E-state index contributed by atoms with van der Waals surface area (Å²) >= 11 is -0.311. The van der Waals surface area contributed by atoms with Gasteiger partial charge in [0.05, 0.1) is 16.9 Å². The Morgan fingerprint density at radius 1 is 0.745 bits per heavy atom. The SMILES string of the molecule is Cc1ccc2c(n1)sc1c(-c3nc4ccccc4n3-c3ccc(-c4ccccc4)cc3)[c-]ccc12.[2H]C(C)(C)c1cc(-c2[c-]cccc2)nc[c]1[Ge]([CH3])([CH3])[CH3].[Ir]. The third kappa shape index (κ3) is 7.87. The van der Waals surface area contributed by atoms with E-state index < -0.39 is 19.2 Å². The second kappa shape index (κ2) is 16.2. The summed E-state index contributed by atoms with van der Waals surface area (Å²) in [7, 11) is 0. The van der Waals surface area contributed by atoms with Crippen LogP contribution in [0.3, 0.4) is 0 Å². The summed E-state index contributed by atoms with van der Waals surface area (Å²) in [6, 6.07) is 52.6. The number of pyridine rings is 2. The number of aryl methyl sites for hydroxylation is 1. The average Bonchev–Trinajstić information content (AvgIpc) is 3.76. The molecule has 0 atom stereocenters. The molecule has 4 heterocycles. The zero-order valence-corrected chi connectivity index (χ0v) is 37.1. The maximum Gasteiger partial charge on any atom is 0 e. The smallest absolute Gasteiger partial charge is 0 e. The van der Waals surface area contributed by atoms with Crippen LogP contribution < -0.4 is 4.40 Å². The van der Waals surface area contributed by atoms with E-state index in [0.717, 1.165) is 60.2 Å². The van der Waals surface area contributed by atoms with E-state index in [1.54, 1.807) is 11.3 Å². The first-order chi connectivity index (χ1) is 26.5. The van der Waals surface area contributed by atoms with Crippen LogP contribution in [0.1, 0.15) is 32.4 Å². The maximum absolute atomic E-state index is 8.44. The van der Waals surface area contributed by atoms with Gasteiger partial charge in [0.25, 0.3) is 0 Å². The van der Waals surface area contributed by atoms with Crippen molar-refractivity contribution in [2.75, 3.05) is 0 Å². The maximum atomic E-state index is 8.44. The van der Waals surface area contributed by atoms with E-state index in [2.05, 4.69) is 130 Å². The van der Waals surface area contributed by atoms with E-state index in [1.165, 1.54) is 26.3 Å². The van der Waals surface area contributed by atoms with Gasteiger partial charge in [-0.25, -0.2) is 4.98 Å². The van der Waals surface area contributed by atoms with Gasteiger partial charge in [-0.1, -0.05) is 71.6 Å². The minimum absolute atomic E-state index is 0. The number of nitrogens with zero attached hydrogens (tertiary/aromatic N) is 4. The molecule has 7 heteroatoms. The second-order valence-electron chi connectivity index (χ2n) is 14.8. The van der Waals surface area contributed by atoms with Crippen LogP contribution in [0.15, 0.2) is 140 Å². The van der Waals surface area contributed by atoms with Crippen LogP contribution in [0, 0.1) is 19.1 Å². The Labute approximate surface area is 345 Å². The molecule has 0 bridgehead atoms. The number of imidazole rings is 1. The molecule has 4 aromatic heterocycles. The summed E-state index contributed by atoms with van der Waals surface area (Å²) in [5.41, 5.74) is 10.6. The van der Waals surface area contributed by atoms with Crippen molar-refractivity contribution in [1.82, 2.24) is 19.5 Å². The Kier molecular flexibility index (Phi) is 10.9. The molecule has 0 N–H and O–H groups in total. The van der Waals surface area contributed by atoms with E-state index in [9.17, 15) is 0 Å². The number of hydrogen-bond donors (Lipinski definition) is 0. The van der Waals surface area contributed by atoms with Crippen LogP contribution in [0.2, 0.25) is 17.3 Å². The quantitative estimate of drug-likeness (QED) is 0.123. The predicted octanol–water partition coefficient (Wildman–Crippen LogP) is 12.4. The number of hydrogen-bond acceptors (Lipinski definition) is 4. The molecule has 0 aliphatic rings. The van der Waals surface area contributed by atoms with E-state index in [-0.39, 0.29) is 20.1 Å². The molecule has 4 nitrogen and oxygen atoms in total. The van der Waals surface area contributed by atoms with Crippen molar-refractivity contribution in [3.05, 3.63) is 163 Å². The van der Waals surface area contributed by atoms with Crippen molar-refractivity contribution in [3.8, 4) is 39.5 Å². The zero-order chi connectivity index (χ0) is 38.3. The minimum atomic E-state index is -2.03. The van der Waals surface area contributed by atoms with Gasteiger partial charge in [-0.15, -0.1) is 18.2 Å². The zero-order valence-electron chi connectivity index (χ0n) is 32.8. The Bertz CT molecular complexity index is 2780. The fraction of sp³-hybridized carbons (Fsp3) is 0.146. The molecule has 0 fully saturated rings. The molecule has 275 valence electrons. The fourth-order valence-electron chi connectivity index (χ4n) is 6.94. The molecule has 1 radical (unpaired) electrons. The van der Waals surface area contributed by atoms with Crippen LogP contribution in [0.4, 0.5) is 0 Å². The van der Waals surface area contributed by atoms with Crippen LogP contribution in [0.5, 0.6) is 0 Å². The molecular weight excluding hydrogens is 929 g/mol. The Morgan fingerprint density at radius 2 is 1.47 bits per heavy atom. The van der Waals surface area contributed by atoms with Crippen molar-refractivity contribution in [2.45, 2.75) is 43.9 Å². The molecule has 0 aliphatic heterocycles. The Balaban J connectivity index is 0.000000197. The average molecular weight is 973 g/mol. The van der Waals surface area contributed by atoms with Crippen molar-refractivity contribution >= 4 is 60.3 Å². The summed E-state index contributed by atoms with van der Waals surface area (Å²) in [6.45, 7) is 5.95. The molecule has 55 heavy (non-hydrogen) atoms. The predicted molar refractivity (Wildman–Crippen MR) is 232 cm³/mol. The van der Waals surface area contributed by atoms with Gasteiger partial charge < -0.3 is 4.57 Å². The van der Waals surface area contributed by atoms with Gasteiger partial charge in [-0.3, -0.25) is 4.98 Å². The summed E-state index contributed by atoms with van der Waals surface area (Å²) in [6.07, 6.45) is 2.00. The molecule has 0 saturated carbocycles. The number of benzene rings is 5. The van der Waals surface area contributed by atoms with Gasteiger partial charge in [-0.2, -0.15) is 11.3 Å². The van der Waals surface area contributed by atoms with E-state index in [1.807, 2.05) is 69.4 Å². The van der Waals surface area contributed by atoms with Gasteiger partial charge >= 0.3 is 120 Å². The first kappa shape index (κ1) is 37.2. The summed E-state index contributed by atoms with van der Waals surface area (Å²) in [4.78, 5) is 15.6. The van der Waals surface area contributed by atoms with Crippen LogP contribution in [0.25, 0.3) is 70.8 Å². The van der Waals surface area contributed by atoms with Crippen LogP contribution in [-0.2, 0) is 20.1 Å². The van der Waals surface area contributed by atoms with Crippen LogP contribution in [-0.4, -0.2) is 32.8 Å². The summed E-state index contributed by atoms with van der Waals surface area (Å²) in [5, 5.41) is 2.38. The molecular formula is C48H42GeIrN4S-2. The summed E-state index contributed by atoms with van der Waals surface area (Å²) < 4.78 is 13.2. The second-order valence-corrected chi connectivity index (χ2v) is 26.4. The van der Waals surface area contributed by atoms with E-state index in [4.69, 9.17) is 11.3 Å². The fourth-order valence-corrected chi connectivity index (χ4v) is 11.5. The Hall–Kier alpha value is -4.72. The van der Waals surface area contributed by atoms with Crippen LogP contribution >= 0.6 is 11.3 Å². The minimum Gasteiger partial charge on any atom is 0 e. The number of fused-ring (bicyclic) bond motifs is 4.